The largest absolute Gasteiger partial charge is 0.360 e. The second-order valence-corrected chi connectivity index (χ2v) is 4.10. The normalized spacial score (nSPS) is 10.3. The number of nitrogens with one attached hydrogen (secondary N) is 1. The number of carbonyl (C=O) groups excluding carboxylic acids is 1. The van der Waals surface area contributed by atoms with Gasteiger partial charge in [-0.15, -0.1) is 0 Å². The molecule has 1 heterocycles. The molecule has 88 valence electrons. The molecule has 0 aliphatic rings. The number of hydrogen-bond acceptors (Lipinski definition) is 3. The first-order chi connectivity index (χ1) is 8.06. The van der Waals surface area contributed by atoms with Crippen LogP contribution in [0, 0.1) is 20.8 Å². The monoisotopic (exact) mass is 230 g/mol. The zero-order valence-electron chi connectivity index (χ0n) is 10.1. The highest BCUT2D eigenvalue weighted by molar-refractivity contribution is 6.04. The lowest BCUT2D eigenvalue weighted by Crippen LogP contribution is -2.13. The van der Waals surface area contributed by atoms with Crippen LogP contribution in [-0.4, -0.2) is 11.1 Å². The molecule has 2 rings (SSSR count). The van der Waals surface area contributed by atoms with Gasteiger partial charge in [0.25, 0.3) is 5.91 Å². The second kappa shape index (κ2) is 4.41. The third kappa shape index (κ3) is 2.53. The van der Waals surface area contributed by atoms with Gasteiger partial charge < -0.3 is 9.84 Å². The molecule has 0 aliphatic carbocycles. The van der Waals surface area contributed by atoms with Crippen LogP contribution in [0.5, 0.6) is 0 Å². The molecule has 1 N–H and O–H groups in total. The van der Waals surface area contributed by atoms with Crippen LogP contribution in [0.15, 0.2) is 28.8 Å². The van der Waals surface area contributed by atoms with Gasteiger partial charge in [-0.3, -0.25) is 4.79 Å². The highest BCUT2D eigenvalue weighted by Crippen LogP contribution is 2.13. The molecule has 0 aliphatic heterocycles. The van der Waals surface area contributed by atoms with Crippen LogP contribution in [0.4, 0.5) is 5.82 Å². The lowest BCUT2D eigenvalue weighted by atomic mass is 10.1. The highest BCUT2D eigenvalue weighted by atomic mass is 16.5. The second-order valence-electron chi connectivity index (χ2n) is 4.10. The molecule has 4 nitrogen and oxygen atoms in total. The molecule has 1 amide bonds. The van der Waals surface area contributed by atoms with Gasteiger partial charge >= 0.3 is 0 Å². The van der Waals surface area contributed by atoms with E-state index in [0.29, 0.717) is 17.1 Å². The Morgan fingerprint density at radius 3 is 2.59 bits per heavy atom. The average Bonchev–Trinajstić information content (AvgIpc) is 2.63. The Morgan fingerprint density at radius 1 is 1.24 bits per heavy atom. The van der Waals surface area contributed by atoms with Crippen LogP contribution in [0.2, 0.25) is 0 Å². The van der Waals surface area contributed by atoms with E-state index in [9.17, 15) is 4.79 Å². The maximum Gasteiger partial charge on any atom is 0.257 e. The van der Waals surface area contributed by atoms with Gasteiger partial charge in [0, 0.05) is 11.6 Å². The van der Waals surface area contributed by atoms with Crippen molar-refractivity contribution in [3.63, 3.8) is 0 Å². The van der Waals surface area contributed by atoms with Crippen LogP contribution in [-0.2, 0) is 0 Å². The van der Waals surface area contributed by atoms with E-state index >= 15 is 0 Å². The zero-order valence-corrected chi connectivity index (χ0v) is 10.1. The lowest BCUT2D eigenvalue weighted by molar-refractivity contribution is 0.102. The van der Waals surface area contributed by atoms with Crippen molar-refractivity contribution in [1.29, 1.82) is 0 Å². The van der Waals surface area contributed by atoms with Crippen molar-refractivity contribution in [2.75, 3.05) is 5.32 Å². The number of aromatic nitrogens is 1. The van der Waals surface area contributed by atoms with E-state index in [2.05, 4.69) is 10.5 Å². The molecule has 0 saturated heterocycles. The predicted octanol–water partition coefficient (Wildman–Crippen LogP) is 2.85. The molecule has 0 spiro atoms. The van der Waals surface area contributed by atoms with Crippen molar-refractivity contribution >= 4 is 11.7 Å². The number of nitrogens with zero attached hydrogens (tertiary/aromatic N) is 1. The van der Waals surface area contributed by atoms with Crippen LogP contribution in [0.25, 0.3) is 0 Å². The van der Waals surface area contributed by atoms with Crippen molar-refractivity contribution in [3.8, 4) is 0 Å². The number of hydrogen-bond donors (Lipinski definition) is 1. The Balaban J connectivity index is 2.20. The molecular weight excluding hydrogens is 216 g/mol. The lowest BCUT2D eigenvalue weighted by Gasteiger charge is -2.05. The predicted molar refractivity (Wildman–Crippen MR) is 65.1 cm³/mol. The minimum Gasteiger partial charge on any atom is -0.360 e. The number of aryl methyl sites for hydroxylation is 3. The van der Waals surface area contributed by atoms with Crippen molar-refractivity contribution in [1.82, 2.24) is 5.16 Å². The summed E-state index contributed by atoms with van der Waals surface area (Å²) in [6, 6.07) is 7.38. The van der Waals surface area contributed by atoms with E-state index < -0.39 is 0 Å². The standard InChI is InChI=1S/C13H14N2O2/c1-8-4-5-11(9(2)6-8)13(16)14-12-7-10(3)17-15-12/h4-7H,1-3H3,(H,14,15,16). The van der Waals surface area contributed by atoms with Crippen molar-refractivity contribution < 1.29 is 9.32 Å². The summed E-state index contributed by atoms with van der Waals surface area (Å²) in [5.74, 6) is 0.934. The van der Waals surface area contributed by atoms with Gasteiger partial charge in [0.15, 0.2) is 5.82 Å². The topological polar surface area (TPSA) is 55.1 Å². The Kier molecular flexibility index (Phi) is 2.95. The fourth-order valence-corrected chi connectivity index (χ4v) is 1.68. The molecule has 0 radical (unpaired) electrons. The molecule has 0 bridgehead atoms. The third-order valence-electron chi connectivity index (χ3n) is 2.50. The summed E-state index contributed by atoms with van der Waals surface area (Å²) >= 11 is 0. The molecule has 4 heteroatoms. The average molecular weight is 230 g/mol. The van der Waals surface area contributed by atoms with Gasteiger partial charge in [0.1, 0.15) is 5.76 Å². The summed E-state index contributed by atoms with van der Waals surface area (Å²) in [5, 5.41) is 6.42. The maximum absolute atomic E-state index is 12.0. The first kappa shape index (κ1) is 11.4. The summed E-state index contributed by atoms with van der Waals surface area (Å²) < 4.78 is 4.89. The molecule has 1 aromatic heterocycles. The van der Waals surface area contributed by atoms with E-state index in [1.807, 2.05) is 32.0 Å². The molecule has 2 aromatic rings. The van der Waals surface area contributed by atoms with Crippen LogP contribution in [0.3, 0.4) is 0 Å². The van der Waals surface area contributed by atoms with Crippen molar-refractivity contribution in [3.05, 3.63) is 46.7 Å². The number of amides is 1. The highest BCUT2D eigenvalue weighted by Gasteiger charge is 2.11. The van der Waals surface area contributed by atoms with Gasteiger partial charge in [0.05, 0.1) is 0 Å². The van der Waals surface area contributed by atoms with E-state index in [-0.39, 0.29) is 5.91 Å². The Labute approximate surface area is 99.6 Å². The molecule has 0 unspecified atom stereocenters. The number of rotatable bonds is 2. The minimum atomic E-state index is -0.171. The Bertz CT molecular complexity index is 558. The summed E-state index contributed by atoms with van der Waals surface area (Å²) in [5.41, 5.74) is 2.73. The first-order valence-corrected chi connectivity index (χ1v) is 5.38. The zero-order chi connectivity index (χ0) is 12.4. The van der Waals surface area contributed by atoms with Crippen LogP contribution >= 0.6 is 0 Å². The van der Waals surface area contributed by atoms with Crippen molar-refractivity contribution in [2.45, 2.75) is 20.8 Å². The SMILES string of the molecule is Cc1ccc(C(=O)Nc2cc(C)on2)c(C)c1. The number of anilines is 1. The van der Waals surface area contributed by atoms with Crippen molar-refractivity contribution in [2.24, 2.45) is 0 Å². The van der Waals surface area contributed by atoms with Gasteiger partial charge in [-0.1, -0.05) is 22.9 Å². The van der Waals surface area contributed by atoms with E-state index in [1.165, 1.54) is 0 Å². The Morgan fingerprint density at radius 2 is 2.00 bits per heavy atom. The van der Waals surface area contributed by atoms with Gasteiger partial charge in [-0.05, 0) is 32.4 Å². The molecule has 17 heavy (non-hydrogen) atoms. The fourth-order valence-electron chi connectivity index (χ4n) is 1.68. The smallest absolute Gasteiger partial charge is 0.257 e. The van der Waals surface area contributed by atoms with E-state index in [0.717, 1.165) is 11.1 Å². The molecule has 0 fully saturated rings. The molecule has 1 aromatic carbocycles. The third-order valence-corrected chi connectivity index (χ3v) is 2.50. The van der Waals surface area contributed by atoms with Crippen LogP contribution in [0.1, 0.15) is 27.2 Å². The van der Waals surface area contributed by atoms with Gasteiger partial charge in [-0.25, -0.2) is 0 Å². The molecule has 0 atom stereocenters. The summed E-state index contributed by atoms with van der Waals surface area (Å²) in [6.07, 6.45) is 0. The quantitative estimate of drug-likeness (QED) is 0.863. The summed E-state index contributed by atoms with van der Waals surface area (Å²) in [4.78, 5) is 12.0. The number of benzene rings is 1. The maximum atomic E-state index is 12.0. The number of carbonyl (C=O) groups is 1. The Hall–Kier alpha value is -2.10. The van der Waals surface area contributed by atoms with Crippen LogP contribution < -0.4 is 5.32 Å². The first-order valence-electron chi connectivity index (χ1n) is 5.38. The van der Waals surface area contributed by atoms with E-state index in [4.69, 9.17) is 4.52 Å². The molecular formula is C13H14N2O2. The molecule has 0 saturated carbocycles. The fraction of sp³-hybridized carbons (Fsp3) is 0.231. The van der Waals surface area contributed by atoms with Gasteiger partial charge in [-0.2, -0.15) is 0 Å². The van der Waals surface area contributed by atoms with Gasteiger partial charge in [0.2, 0.25) is 0 Å². The summed E-state index contributed by atoms with van der Waals surface area (Å²) in [6.45, 7) is 5.69. The van der Waals surface area contributed by atoms with E-state index in [1.54, 1.807) is 13.0 Å². The minimum absolute atomic E-state index is 0.171. The summed E-state index contributed by atoms with van der Waals surface area (Å²) in [7, 11) is 0.